The Bertz CT molecular complexity index is 574. The fraction of sp³-hybridized carbons (Fsp3) is 0.444. The molecule has 1 aromatic heterocycles. The highest BCUT2D eigenvalue weighted by molar-refractivity contribution is 5.64. The van der Waals surface area contributed by atoms with Crippen molar-refractivity contribution in [1.82, 2.24) is 9.97 Å². The number of rotatable bonds is 10. The predicted molar refractivity (Wildman–Crippen MR) is 95.8 cm³/mol. The molecule has 0 aliphatic carbocycles. The van der Waals surface area contributed by atoms with Crippen molar-refractivity contribution >= 4 is 11.8 Å². The van der Waals surface area contributed by atoms with E-state index in [2.05, 4.69) is 39.7 Å². The number of methoxy groups -OCH3 is 1. The van der Waals surface area contributed by atoms with E-state index in [0.717, 1.165) is 36.6 Å². The van der Waals surface area contributed by atoms with Gasteiger partial charge < -0.3 is 15.4 Å². The number of anilines is 2. The zero-order valence-electron chi connectivity index (χ0n) is 14.0. The highest BCUT2D eigenvalue weighted by Crippen LogP contribution is 2.21. The van der Waals surface area contributed by atoms with Crippen LogP contribution in [0.1, 0.15) is 26.2 Å². The molecule has 2 aromatic rings. The van der Waals surface area contributed by atoms with Crippen LogP contribution in [-0.4, -0.2) is 36.8 Å². The number of nitrogens with one attached hydrogen (secondary N) is 2. The van der Waals surface area contributed by atoms with E-state index in [0.29, 0.717) is 12.6 Å². The lowest BCUT2D eigenvalue weighted by Crippen LogP contribution is -2.12. The molecule has 0 atom stereocenters. The van der Waals surface area contributed by atoms with E-state index in [1.54, 1.807) is 7.11 Å². The maximum Gasteiger partial charge on any atom is 0.225 e. The number of nitrogens with zero attached hydrogens (tertiary/aromatic N) is 2. The van der Waals surface area contributed by atoms with Crippen molar-refractivity contribution in [1.29, 1.82) is 0 Å². The molecule has 0 aliphatic heterocycles. The quantitative estimate of drug-likeness (QED) is 0.653. The first-order chi connectivity index (χ1) is 11.3. The van der Waals surface area contributed by atoms with Crippen molar-refractivity contribution in [2.75, 3.05) is 37.4 Å². The Morgan fingerprint density at radius 2 is 1.83 bits per heavy atom. The summed E-state index contributed by atoms with van der Waals surface area (Å²) in [5, 5.41) is 6.61. The predicted octanol–water partition coefficient (Wildman–Crippen LogP) is 3.80. The highest BCUT2D eigenvalue weighted by Gasteiger charge is 2.06. The van der Waals surface area contributed by atoms with Gasteiger partial charge in [0.25, 0.3) is 0 Å². The van der Waals surface area contributed by atoms with Crippen molar-refractivity contribution in [2.24, 2.45) is 0 Å². The third kappa shape index (κ3) is 5.87. The average Bonchev–Trinajstić information content (AvgIpc) is 2.60. The van der Waals surface area contributed by atoms with Gasteiger partial charge in [0.2, 0.25) is 5.95 Å². The maximum absolute atomic E-state index is 5.08. The summed E-state index contributed by atoms with van der Waals surface area (Å²) in [5.74, 6) is 1.48. The summed E-state index contributed by atoms with van der Waals surface area (Å²) < 4.78 is 5.08. The summed E-state index contributed by atoms with van der Waals surface area (Å²) in [5.41, 5.74) is 2.00. The topological polar surface area (TPSA) is 59.1 Å². The van der Waals surface area contributed by atoms with Gasteiger partial charge in [0.05, 0.1) is 12.3 Å². The molecular formula is C18H26N4O. The molecule has 0 fully saturated rings. The molecule has 0 spiro atoms. The van der Waals surface area contributed by atoms with Crippen molar-refractivity contribution in [3.63, 3.8) is 0 Å². The molecule has 2 rings (SSSR count). The molecule has 0 aliphatic rings. The minimum Gasteiger partial charge on any atom is -0.383 e. The molecule has 0 bridgehead atoms. The molecule has 0 saturated heterocycles. The number of unbranched alkanes of at least 4 members (excludes halogenated alkanes) is 2. The monoisotopic (exact) mass is 314 g/mol. The Morgan fingerprint density at radius 1 is 1.00 bits per heavy atom. The first kappa shape index (κ1) is 17.2. The van der Waals surface area contributed by atoms with E-state index < -0.39 is 0 Å². The van der Waals surface area contributed by atoms with Crippen LogP contribution in [0.2, 0.25) is 0 Å². The van der Waals surface area contributed by atoms with Crippen LogP contribution in [0.3, 0.4) is 0 Å². The van der Waals surface area contributed by atoms with Crippen LogP contribution < -0.4 is 10.6 Å². The molecule has 124 valence electrons. The molecule has 0 radical (unpaired) electrons. The van der Waals surface area contributed by atoms with Crippen LogP contribution in [0.15, 0.2) is 36.4 Å². The molecule has 0 unspecified atom stereocenters. The summed E-state index contributed by atoms with van der Waals surface area (Å²) >= 11 is 0. The van der Waals surface area contributed by atoms with E-state index in [9.17, 15) is 0 Å². The van der Waals surface area contributed by atoms with Crippen molar-refractivity contribution in [3.8, 4) is 11.3 Å². The first-order valence-corrected chi connectivity index (χ1v) is 8.24. The van der Waals surface area contributed by atoms with Crippen LogP contribution in [-0.2, 0) is 4.74 Å². The smallest absolute Gasteiger partial charge is 0.225 e. The number of hydrogen-bond acceptors (Lipinski definition) is 5. The fourth-order valence-corrected chi connectivity index (χ4v) is 2.23. The van der Waals surface area contributed by atoms with E-state index in [1.165, 1.54) is 12.8 Å². The molecule has 2 N–H and O–H groups in total. The molecular weight excluding hydrogens is 288 g/mol. The molecule has 0 saturated carbocycles. The molecule has 0 amide bonds. The second-order valence-corrected chi connectivity index (χ2v) is 5.38. The number of aromatic nitrogens is 2. The minimum atomic E-state index is 0.643. The lowest BCUT2D eigenvalue weighted by molar-refractivity contribution is 0.210. The van der Waals surface area contributed by atoms with Crippen molar-refractivity contribution in [3.05, 3.63) is 36.4 Å². The van der Waals surface area contributed by atoms with Crippen molar-refractivity contribution in [2.45, 2.75) is 26.2 Å². The zero-order valence-corrected chi connectivity index (χ0v) is 14.0. The van der Waals surface area contributed by atoms with Crippen molar-refractivity contribution < 1.29 is 4.74 Å². The Labute approximate surface area is 138 Å². The van der Waals surface area contributed by atoms with Gasteiger partial charge >= 0.3 is 0 Å². The Hall–Kier alpha value is -2.14. The molecule has 1 heterocycles. The SMILES string of the molecule is CCCCCNc1nc(NCCOC)cc(-c2ccccc2)n1. The lowest BCUT2D eigenvalue weighted by atomic mass is 10.1. The second-order valence-electron chi connectivity index (χ2n) is 5.38. The Morgan fingerprint density at radius 3 is 2.57 bits per heavy atom. The van der Waals surface area contributed by atoms with Gasteiger partial charge in [-0.3, -0.25) is 0 Å². The third-order valence-electron chi connectivity index (χ3n) is 3.47. The minimum absolute atomic E-state index is 0.643. The van der Waals surface area contributed by atoms with Crippen LogP contribution >= 0.6 is 0 Å². The number of hydrogen-bond donors (Lipinski definition) is 2. The van der Waals surface area contributed by atoms with Gasteiger partial charge in [-0.1, -0.05) is 50.1 Å². The van der Waals surface area contributed by atoms with E-state index in [4.69, 9.17) is 4.74 Å². The highest BCUT2D eigenvalue weighted by atomic mass is 16.5. The van der Waals surface area contributed by atoms with Gasteiger partial charge in [-0.15, -0.1) is 0 Å². The summed E-state index contributed by atoms with van der Waals surface area (Å²) in [4.78, 5) is 9.18. The first-order valence-electron chi connectivity index (χ1n) is 8.24. The van der Waals surface area contributed by atoms with Crippen LogP contribution in [0.5, 0.6) is 0 Å². The van der Waals surface area contributed by atoms with Gasteiger partial charge in [0.1, 0.15) is 5.82 Å². The maximum atomic E-state index is 5.08. The van der Waals surface area contributed by atoms with E-state index in [-0.39, 0.29) is 0 Å². The molecule has 5 nitrogen and oxygen atoms in total. The average molecular weight is 314 g/mol. The summed E-state index contributed by atoms with van der Waals surface area (Å²) in [6, 6.07) is 12.1. The second kappa shape index (κ2) is 9.79. The van der Waals surface area contributed by atoms with Gasteiger partial charge in [0.15, 0.2) is 0 Å². The van der Waals surface area contributed by atoms with Gasteiger partial charge in [-0.2, -0.15) is 4.98 Å². The standard InChI is InChI=1S/C18H26N4O/c1-3-4-8-11-20-18-21-16(15-9-6-5-7-10-15)14-17(22-18)19-12-13-23-2/h5-7,9-10,14H,3-4,8,11-13H2,1-2H3,(H2,19,20,21,22). The van der Waals surface area contributed by atoms with E-state index >= 15 is 0 Å². The van der Waals surface area contributed by atoms with Crippen LogP contribution in [0.25, 0.3) is 11.3 Å². The number of benzene rings is 1. The summed E-state index contributed by atoms with van der Waals surface area (Å²) in [6.45, 7) is 4.45. The van der Waals surface area contributed by atoms with E-state index in [1.807, 2.05) is 24.3 Å². The normalized spacial score (nSPS) is 10.5. The lowest BCUT2D eigenvalue weighted by Gasteiger charge is -2.11. The third-order valence-corrected chi connectivity index (χ3v) is 3.47. The summed E-state index contributed by atoms with van der Waals surface area (Å²) in [6.07, 6.45) is 3.54. The molecule has 5 heteroatoms. The Balaban J connectivity index is 2.14. The zero-order chi connectivity index (χ0) is 16.3. The van der Waals surface area contributed by atoms with Gasteiger partial charge in [-0.05, 0) is 6.42 Å². The largest absolute Gasteiger partial charge is 0.383 e. The van der Waals surface area contributed by atoms with Gasteiger partial charge in [0, 0.05) is 31.8 Å². The molecule has 23 heavy (non-hydrogen) atoms. The summed E-state index contributed by atoms with van der Waals surface area (Å²) in [7, 11) is 1.69. The van der Waals surface area contributed by atoms with Crippen LogP contribution in [0.4, 0.5) is 11.8 Å². The number of ether oxygens (including phenoxy) is 1. The van der Waals surface area contributed by atoms with Gasteiger partial charge in [-0.25, -0.2) is 4.98 Å². The molecule has 1 aromatic carbocycles. The fourth-order valence-electron chi connectivity index (χ4n) is 2.23. The Kier molecular flexibility index (Phi) is 7.33. The van der Waals surface area contributed by atoms with Crippen LogP contribution in [0, 0.1) is 0 Å².